The smallest absolute Gasteiger partial charge is 0.232 e. The van der Waals surface area contributed by atoms with E-state index in [1.165, 1.54) is 11.8 Å². The van der Waals surface area contributed by atoms with E-state index >= 15 is 0 Å². The molecule has 1 aliphatic rings. The van der Waals surface area contributed by atoms with Gasteiger partial charge in [-0.25, -0.2) is 0 Å². The van der Waals surface area contributed by atoms with Gasteiger partial charge in [-0.2, -0.15) is 5.26 Å². The lowest BCUT2D eigenvalue weighted by Gasteiger charge is -2.26. The van der Waals surface area contributed by atoms with Crippen molar-refractivity contribution in [3.63, 3.8) is 0 Å². The first-order valence-electron chi connectivity index (χ1n) is 9.41. The minimum absolute atomic E-state index is 0.0419. The van der Waals surface area contributed by atoms with Gasteiger partial charge in [-0.1, -0.05) is 55.4 Å². The maximum absolute atomic E-state index is 12.5. The van der Waals surface area contributed by atoms with Crippen molar-refractivity contribution in [2.75, 3.05) is 18.8 Å². The molecule has 1 aromatic rings. The van der Waals surface area contributed by atoms with Crippen LogP contribution in [0.5, 0.6) is 0 Å². The standard InChI is InChI=1S/C21H27N3O2S/c1-4-10-24(11-5-2)20(26)14-27-21-18(13-22)17(12-19(25)23-21)16-8-6-15(3)7-9-16/h6-9,17H,4-5,10-12,14H2,1-3H3,(H,23,25)/t17-/m1/s1. The molecule has 2 amide bonds. The Morgan fingerprint density at radius 2 is 1.89 bits per heavy atom. The van der Waals surface area contributed by atoms with E-state index in [0.29, 0.717) is 10.6 Å². The summed E-state index contributed by atoms with van der Waals surface area (Å²) in [5.41, 5.74) is 2.62. The molecule has 1 heterocycles. The number of nitriles is 1. The second-order valence-corrected chi connectivity index (χ2v) is 7.73. The van der Waals surface area contributed by atoms with Crippen molar-refractivity contribution in [2.45, 2.75) is 46.0 Å². The number of nitrogens with zero attached hydrogens (tertiary/aromatic N) is 2. The Kier molecular flexibility index (Phi) is 7.93. The van der Waals surface area contributed by atoms with E-state index in [9.17, 15) is 14.9 Å². The van der Waals surface area contributed by atoms with Gasteiger partial charge in [0.05, 0.1) is 22.4 Å². The van der Waals surface area contributed by atoms with E-state index in [1.807, 2.05) is 49.9 Å². The Morgan fingerprint density at radius 1 is 1.26 bits per heavy atom. The number of aryl methyl sites for hydroxylation is 1. The quantitative estimate of drug-likeness (QED) is 0.740. The molecule has 1 atom stereocenters. The van der Waals surface area contributed by atoms with Gasteiger partial charge in [0.1, 0.15) is 0 Å². The average Bonchev–Trinajstić information content (AvgIpc) is 2.66. The molecule has 0 bridgehead atoms. The molecule has 0 unspecified atom stereocenters. The van der Waals surface area contributed by atoms with Crippen LogP contribution in [0.15, 0.2) is 34.9 Å². The van der Waals surface area contributed by atoms with E-state index in [2.05, 4.69) is 11.4 Å². The van der Waals surface area contributed by atoms with E-state index in [0.717, 1.165) is 37.1 Å². The first-order chi connectivity index (χ1) is 13.0. The molecule has 1 N–H and O–H groups in total. The van der Waals surface area contributed by atoms with Gasteiger partial charge in [0.15, 0.2) is 0 Å². The van der Waals surface area contributed by atoms with Crippen LogP contribution in [0.4, 0.5) is 0 Å². The fraction of sp³-hybridized carbons (Fsp3) is 0.476. The van der Waals surface area contributed by atoms with Gasteiger partial charge in [-0.05, 0) is 25.3 Å². The Labute approximate surface area is 165 Å². The van der Waals surface area contributed by atoms with Crippen LogP contribution in [0.1, 0.15) is 50.2 Å². The number of benzene rings is 1. The third-order valence-corrected chi connectivity index (χ3v) is 5.52. The van der Waals surface area contributed by atoms with Crippen molar-refractivity contribution in [1.29, 1.82) is 5.26 Å². The molecule has 0 spiro atoms. The van der Waals surface area contributed by atoms with Gasteiger partial charge in [0.2, 0.25) is 11.8 Å². The molecular formula is C21H27N3O2S. The minimum atomic E-state index is -0.260. The fourth-order valence-corrected chi connectivity index (χ4v) is 4.12. The maximum atomic E-state index is 12.5. The third kappa shape index (κ3) is 5.61. The van der Waals surface area contributed by atoms with Crippen molar-refractivity contribution >= 4 is 23.6 Å². The summed E-state index contributed by atoms with van der Waals surface area (Å²) in [6.07, 6.45) is 2.07. The second kappa shape index (κ2) is 10.2. The van der Waals surface area contributed by atoms with E-state index in [1.54, 1.807) is 0 Å². The van der Waals surface area contributed by atoms with Crippen molar-refractivity contribution in [2.24, 2.45) is 0 Å². The van der Waals surface area contributed by atoms with Crippen molar-refractivity contribution in [3.8, 4) is 6.07 Å². The normalized spacial score (nSPS) is 16.7. The zero-order valence-electron chi connectivity index (χ0n) is 16.2. The van der Waals surface area contributed by atoms with Crippen LogP contribution in [0.2, 0.25) is 0 Å². The number of thioether (sulfide) groups is 1. The Morgan fingerprint density at radius 3 is 2.44 bits per heavy atom. The molecular weight excluding hydrogens is 358 g/mol. The van der Waals surface area contributed by atoms with Crippen molar-refractivity contribution in [3.05, 3.63) is 46.0 Å². The van der Waals surface area contributed by atoms with Crippen LogP contribution < -0.4 is 5.32 Å². The molecule has 1 aromatic carbocycles. The SMILES string of the molecule is CCCN(CCC)C(=O)CSC1=C(C#N)[C@@H](c2ccc(C)cc2)CC(=O)N1. The van der Waals surface area contributed by atoms with Gasteiger partial charge < -0.3 is 10.2 Å². The molecule has 0 fully saturated rings. The topological polar surface area (TPSA) is 73.2 Å². The first-order valence-corrected chi connectivity index (χ1v) is 10.4. The van der Waals surface area contributed by atoms with Gasteiger partial charge in [0.25, 0.3) is 0 Å². The lowest BCUT2D eigenvalue weighted by atomic mass is 9.87. The van der Waals surface area contributed by atoms with Crippen LogP contribution in [0.25, 0.3) is 0 Å². The summed E-state index contributed by atoms with van der Waals surface area (Å²) in [6.45, 7) is 7.56. The van der Waals surface area contributed by atoms with Crippen LogP contribution in [-0.2, 0) is 9.59 Å². The minimum Gasteiger partial charge on any atom is -0.342 e. The maximum Gasteiger partial charge on any atom is 0.232 e. The predicted octanol–water partition coefficient (Wildman–Crippen LogP) is 3.72. The molecule has 0 aromatic heterocycles. The van der Waals surface area contributed by atoms with Crippen LogP contribution in [0.3, 0.4) is 0 Å². The summed E-state index contributed by atoms with van der Waals surface area (Å²) in [5, 5.41) is 13.0. The average molecular weight is 386 g/mol. The molecule has 1 aliphatic heterocycles. The van der Waals surface area contributed by atoms with E-state index in [4.69, 9.17) is 0 Å². The van der Waals surface area contributed by atoms with Crippen LogP contribution in [-0.4, -0.2) is 35.6 Å². The summed E-state index contributed by atoms with van der Waals surface area (Å²) in [5.74, 6) is -0.112. The number of hydrogen-bond acceptors (Lipinski definition) is 4. The van der Waals surface area contributed by atoms with Gasteiger partial charge in [-0.3, -0.25) is 9.59 Å². The molecule has 27 heavy (non-hydrogen) atoms. The zero-order chi connectivity index (χ0) is 19.8. The van der Waals surface area contributed by atoms with Crippen molar-refractivity contribution in [1.82, 2.24) is 10.2 Å². The molecule has 0 radical (unpaired) electrons. The Bertz CT molecular complexity index is 744. The summed E-state index contributed by atoms with van der Waals surface area (Å²) < 4.78 is 0. The number of allylic oxidation sites excluding steroid dienone is 1. The number of carbonyl (C=O) groups excluding carboxylic acids is 2. The van der Waals surface area contributed by atoms with Crippen LogP contribution >= 0.6 is 11.8 Å². The number of hydrogen-bond donors (Lipinski definition) is 1. The Hall–Kier alpha value is -2.26. The highest BCUT2D eigenvalue weighted by Crippen LogP contribution is 2.36. The monoisotopic (exact) mass is 385 g/mol. The summed E-state index contributed by atoms with van der Waals surface area (Å²) in [4.78, 5) is 26.6. The van der Waals surface area contributed by atoms with Gasteiger partial charge in [0, 0.05) is 25.4 Å². The van der Waals surface area contributed by atoms with Gasteiger partial charge in [-0.15, -0.1) is 0 Å². The summed E-state index contributed by atoms with van der Waals surface area (Å²) >= 11 is 1.26. The lowest BCUT2D eigenvalue weighted by molar-refractivity contribution is -0.128. The van der Waals surface area contributed by atoms with Gasteiger partial charge >= 0.3 is 0 Å². The molecule has 0 aliphatic carbocycles. The highest BCUT2D eigenvalue weighted by molar-refractivity contribution is 8.03. The summed E-state index contributed by atoms with van der Waals surface area (Å²) in [7, 11) is 0. The molecule has 0 saturated carbocycles. The molecule has 0 saturated heterocycles. The first kappa shape index (κ1) is 21.0. The Balaban J connectivity index is 2.19. The van der Waals surface area contributed by atoms with Crippen molar-refractivity contribution < 1.29 is 9.59 Å². The second-order valence-electron chi connectivity index (χ2n) is 6.74. The molecule has 144 valence electrons. The predicted molar refractivity (Wildman–Crippen MR) is 109 cm³/mol. The highest BCUT2D eigenvalue weighted by Gasteiger charge is 2.30. The largest absolute Gasteiger partial charge is 0.342 e. The van der Waals surface area contributed by atoms with Crippen LogP contribution in [0, 0.1) is 18.3 Å². The third-order valence-electron chi connectivity index (χ3n) is 4.52. The highest BCUT2D eigenvalue weighted by atomic mass is 32.2. The number of carbonyl (C=O) groups is 2. The van der Waals surface area contributed by atoms with E-state index in [-0.39, 0.29) is 29.9 Å². The summed E-state index contributed by atoms with van der Waals surface area (Å²) in [6, 6.07) is 10.2. The zero-order valence-corrected chi connectivity index (χ0v) is 17.1. The fourth-order valence-electron chi connectivity index (χ4n) is 3.14. The number of nitrogens with one attached hydrogen (secondary N) is 1. The number of rotatable bonds is 8. The molecule has 5 nitrogen and oxygen atoms in total. The molecule has 6 heteroatoms. The lowest BCUT2D eigenvalue weighted by Crippen LogP contribution is -2.35. The van der Waals surface area contributed by atoms with E-state index < -0.39 is 0 Å². The number of amides is 2. The molecule has 2 rings (SSSR count).